The number of hydrogen-bond acceptors (Lipinski definition) is 5. The predicted octanol–water partition coefficient (Wildman–Crippen LogP) is 3.09. The van der Waals surface area contributed by atoms with Crippen molar-refractivity contribution >= 4 is 17.9 Å². The minimum Gasteiger partial charge on any atom is -0.481 e. The first-order chi connectivity index (χ1) is 12.0. The van der Waals surface area contributed by atoms with E-state index >= 15 is 0 Å². The van der Waals surface area contributed by atoms with Crippen molar-refractivity contribution < 1.29 is 34.1 Å². The Balaban J connectivity index is 4.63. The molecule has 3 atom stereocenters. The Labute approximate surface area is 155 Å². The first-order valence-electron chi connectivity index (χ1n) is 8.83. The normalized spacial score (nSPS) is 16.8. The lowest BCUT2D eigenvalue weighted by atomic mass is 9.80. The Morgan fingerprint density at radius 1 is 1.04 bits per heavy atom. The summed E-state index contributed by atoms with van der Waals surface area (Å²) < 4.78 is 11.3. The molecule has 0 aromatic heterocycles. The highest BCUT2D eigenvalue weighted by atomic mass is 16.5. The Morgan fingerprint density at radius 2 is 1.62 bits per heavy atom. The third-order valence-electron chi connectivity index (χ3n) is 4.91. The molecule has 2 N–H and O–H groups in total. The summed E-state index contributed by atoms with van der Waals surface area (Å²) >= 11 is 0. The van der Waals surface area contributed by atoms with Crippen LogP contribution in [0.25, 0.3) is 0 Å². The quantitative estimate of drug-likeness (QED) is 0.274. The second-order valence-electron chi connectivity index (χ2n) is 7.37. The lowest BCUT2D eigenvalue weighted by molar-refractivity contribution is -0.146. The van der Waals surface area contributed by atoms with Gasteiger partial charge in [-0.25, -0.2) is 9.59 Å². The van der Waals surface area contributed by atoms with E-state index in [1.807, 2.05) is 13.8 Å². The zero-order valence-electron chi connectivity index (χ0n) is 16.5. The topological polar surface area (TPSA) is 110 Å². The molecule has 0 fully saturated rings. The van der Waals surface area contributed by atoms with Gasteiger partial charge in [0.05, 0.1) is 17.1 Å². The van der Waals surface area contributed by atoms with E-state index in [1.54, 1.807) is 21.1 Å². The molecule has 0 aromatic rings. The Kier molecular flexibility index (Phi) is 10.4. The van der Waals surface area contributed by atoms with Crippen LogP contribution in [-0.2, 0) is 23.9 Å². The third kappa shape index (κ3) is 8.61. The van der Waals surface area contributed by atoms with Gasteiger partial charge in [-0.05, 0) is 39.5 Å². The summed E-state index contributed by atoms with van der Waals surface area (Å²) in [4.78, 5) is 32.4. The van der Waals surface area contributed by atoms with Crippen LogP contribution in [0.1, 0.15) is 65.7 Å². The van der Waals surface area contributed by atoms with Crippen molar-refractivity contribution in [2.45, 2.75) is 76.9 Å². The molecule has 0 heterocycles. The number of methoxy groups -OCH3 is 2. The molecule has 0 spiro atoms. The van der Waals surface area contributed by atoms with Gasteiger partial charge in [-0.1, -0.05) is 19.8 Å². The monoisotopic (exact) mass is 372 g/mol. The molecule has 7 nitrogen and oxygen atoms in total. The van der Waals surface area contributed by atoms with Crippen LogP contribution in [0.4, 0.5) is 0 Å². The van der Waals surface area contributed by atoms with Gasteiger partial charge in [0.2, 0.25) is 0 Å². The second-order valence-corrected chi connectivity index (χ2v) is 7.37. The van der Waals surface area contributed by atoms with Crippen molar-refractivity contribution in [2.75, 3.05) is 14.2 Å². The number of carboxylic acids is 2. The van der Waals surface area contributed by atoms with Crippen LogP contribution in [0.3, 0.4) is 0 Å². The summed E-state index contributed by atoms with van der Waals surface area (Å²) in [5, 5.41) is 17.9. The summed E-state index contributed by atoms with van der Waals surface area (Å²) in [5.41, 5.74) is -1.34. The van der Waals surface area contributed by atoms with Crippen LogP contribution in [-0.4, -0.2) is 53.5 Å². The highest BCUT2D eigenvalue weighted by molar-refractivity contribution is 5.95. The largest absolute Gasteiger partial charge is 0.481 e. The molecule has 150 valence electrons. The molecule has 0 aromatic carbocycles. The van der Waals surface area contributed by atoms with E-state index < -0.39 is 29.1 Å². The zero-order valence-corrected chi connectivity index (χ0v) is 16.5. The molecule has 0 saturated heterocycles. The van der Waals surface area contributed by atoms with Gasteiger partial charge in [-0.3, -0.25) is 4.79 Å². The van der Waals surface area contributed by atoms with Crippen molar-refractivity contribution in [1.82, 2.24) is 0 Å². The standard InChI is InChI=1S/C19H32O7/c1-14(16(21)22)11-19(3,26-5)13-18(2,25-4)10-8-6-7-9-15(12-20)17(23)24/h14H,6-11,13H2,1-5H3,(H,21,22)(H,23,24). The predicted molar refractivity (Wildman–Crippen MR) is 96.8 cm³/mol. The highest BCUT2D eigenvalue weighted by Gasteiger charge is 2.37. The molecule has 3 unspecified atom stereocenters. The smallest absolute Gasteiger partial charge is 0.342 e. The summed E-state index contributed by atoms with van der Waals surface area (Å²) in [6.07, 6.45) is 3.99. The Morgan fingerprint density at radius 3 is 2.04 bits per heavy atom. The van der Waals surface area contributed by atoms with Crippen molar-refractivity contribution in [3.63, 3.8) is 0 Å². The SMILES string of the molecule is COC(C)(CCCCCC(=C=O)C(=O)O)CC(C)(CC(C)C(=O)O)OC. The number of unbranched alkanes of at least 4 members (excludes halogenated alkanes) is 2. The molecule has 7 heteroatoms. The third-order valence-corrected chi connectivity index (χ3v) is 4.91. The van der Waals surface area contributed by atoms with E-state index in [-0.39, 0.29) is 12.0 Å². The van der Waals surface area contributed by atoms with Gasteiger partial charge >= 0.3 is 11.9 Å². The number of hydrogen-bond donors (Lipinski definition) is 2. The summed E-state index contributed by atoms with van der Waals surface area (Å²) in [6, 6.07) is 0. The molecule has 0 aliphatic rings. The lowest BCUT2D eigenvalue weighted by Crippen LogP contribution is -2.42. The van der Waals surface area contributed by atoms with Gasteiger partial charge in [-0.2, -0.15) is 0 Å². The van der Waals surface area contributed by atoms with Crippen LogP contribution >= 0.6 is 0 Å². The van der Waals surface area contributed by atoms with Crippen LogP contribution in [0, 0.1) is 5.92 Å². The van der Waals surface area contributed by atoms with Crippen molar-refractivity contribution in [3.8, 4) is 0 Å². The Hall–Kier alpha value is -1.69. The van der Waals surface area contributed by atoms with Crippen molar-refractivity contribution in [3.05, 3.63) is 5.57 Å². The fourth-order valence-electron chi connectivity index (χ4n) is 3.20. The number of carbonyl (C=O) groups excluding carboxylic acids is 1. The number of carboxylic acid groups (broad SMARTS) is 2. The maximum absolute atomic E-state index is 11.1. The van der Waals surface area contributed by atoms with Crippen LogP contribution < -0.4 is 0 Å². The van der Waals surface area contributed by atoms with E-state index in [4.69, 9.17) is 19.7 Å². The molecule has 0 aliphatic carbocycles. The number of ether oxygens (including phenoxy) is 2. The van der Waals surface area contributed by atoms with Gasteiger partial charge in [0, 0.05) is 20.6 Å². The van der Waals surface area contributed by atoms with Crippen LogP contribution in [0.2, 0.25) is 0 Å². The average Bonchev–Trinajstić information content (AvgIpc) is 2.57. The van der Waals surface area contributed by atoms with Crippen LogP contribution in [0.5, 0.6) is 0 Å². The van der Waals surface area contributed by atoms with E-state index in [0.29, 0.717) is 19.3 Å². The van der Waals surface area contributed by atoms with Crippen LogP contribution in [0.15, 0.2) is 5.57 Å². The molecule has 0 rings (SSSR count). The van der Waals surface area contributed by atoms with Gasteiger partial charge in [-0.15, -0.1) is 0 Å². The molecule has 0 amide bonds. The van der Waals surface area contributed by atoms with Gasteiger partial charge in [0.1, 0.15) is 11.5 Å². The van der Waals surface area contributed by atoms with E-state index in [9.17, 15) is 14.4 Å². The molecule has 0 bridgehead atoms. The number of rotatable bonds is 14. The minimum absolute atomic E-state index is 0.203. The highest BCUT2D eigenvalue weighted by Crippen LogP contribution is 2.34. The average molecular weight is 372 g/mol. The Bertz CT molecular complexity index is 524. The number of aliphatic carboxylic acids is 2. The van der Waals surface area contributed by atoms with Crippen molar-refractivity contribution in [2.24, 2.45) is 5.92 Å². The maximum Gasteiger partial charge on any atom is 0.342 e. The van der Waals surface area contributed by atoms with E-state index in [0.717, 1.165) is 19.3 Å². The van der Waals surface area contributed by atoms with Crippen molar-refractivity contribution in [1.29, 1.82) is 0 Å². The molecule has 0 saturated carbocycles. The summed E-state index contributed by atoms with van der Waals surface area (Å²) in [7, 11) is 3.19. The first-order valence-corrected chi connectivity index (χ1v) is 8.83. The summed E-state index contributed by atoms with van der Waals surface area (Å²) in [6.45, 7) is 5.51. The van der Waals surface area contributed by atoms with Gasteiger partial charge in [0.25, 0.3) is 0 Å². The molecule has 0 radical (unpaired) electrons. The minimum atomic E-state index is -1.22. The molecule has 0 aliphatic heterocycles. The lowest BCUT2D eigenvalue weighted by Gasteiger charge is -2.39. The zero-order chi connectivity index (χ0) is 20.4. The molecular formula is C19H32O7. The van der Waals surface area contributed by atoms with E-state index in [2.05, 4.69) is 0 Å². The van der Waals surface area contributed by atoms with Gasteiger partial charge in [0.15, 0.2) is 0 Å². The fraction of sp³-hybridized carbons (Fsp3) is 0.789. The molecule has 26 heavy (non-hydrogen) atoms. The van der Waals surface area contributed by atoms with Gasteiger partial charge < -0.3 is 19.7 Å². The first kappa shape index (κ1) is 24.3. The number of carbonyl (C=O) groups is 2. The summed E-state index contributed by atoms with van der Waals surface area (Å²) in [5.74, 6) is -1.13. The molecular weight excluding hydrogens is 340 g/mol. The maximum atomic E-state index is 11.1. The fourth-order valence-corrected chi connectivity index (χ4v) is 3.20. The second kappa shape index (κ2) is 11.1. The van der Waals surface area contributed by atoms with E-state index in [1.165, 1.54) is 5.94 Å².